The van der Waals surface area contributed by atoms with E-state index in [9.17, 15) is 0 Å². The SMILES string of the molecule is CNC1CC(NC)CC(NC)C1. The van der Waals surface area contributed by atoms with Crippen LogP contribution in [0.3, 0.4) is 0 Å². The van der Waals surface area contributed by atoms with Crippen molar-refractivity contribution >= 4 is 0 Å². The zero-order valence-corrected chi connectivity index (χ0v) is 8.35. The Morgan fingerprint density at radius 1 is 0.667 bits per heavy atom. The smallest absolute Gasteiger partial charge is 0.00936 e. The normalized spacial score (nSPS) is 36.8. The van der Waals surface area contributed by atoms with Crippen LogP contribution in [0.15, 0.2) is 0 Å². The molecule has 1 fully saturated rings. The first-order valence-electron chi connectivity index (χ1n) is 4.82. The summed E-state index contributed by atoms with van der Waals surface area (Å²) in [6.07, 6.45) is 3.77. The minimum atomic E-state index is 0.675. The van der Waals surface area contributed by atoms with Gasteiger partial charge in [-0.3, -0.25) is 0 Å². The van der Waals surface area contributed by atoms with Gasteiger partial charge < -0.3 is 16.0 Å². The van der Waals surface area contributed by atoms with Crippen molar-refractivity contribution in [2.75, 3.05) is 21.1 Å². The summed E-state index contributed by atoms with van der Waals surface area (Å²) in [5.41, 5.74) is 0. The monoisotopic (exact) mass is 171 g/mol. The first-order chi connectivity index (χ1) is 5.80. The summed E-state index contributed by atoms with van der Waals surface area (Å²) in [7, 11) is 6.15. The van der Waals surface area contributed by atoms with Gasteiger partial charge >= 0.3 is 0 Å². The molecule has 3 heteroatoms. The highest BCUT2D eigenvalue weighted by atomic mass is 15.0. The molecule has 72 valence electrons. The van der Waals surface area contributed by atoms with Gasteiger partial charge in [0.1, 0.15) is 0 Å². The molecule has 0 radical (unpaired) electrons. The van der Waals surface area contributed by atoms with Crippen molar-refractivity contribution in [1.29, 1.82) is 0 Å². The molecule has 0 saturated heterocycles. The summed E-state index contributed by atoms with van der Waals surface area (Å²) in [6, 6.07) is 2.02. The molecule has 3 nitrogen and oxygen atoms in total. The molecule has 1 aliphatic carbocycles. The second kappa shape index (κ2) is 4.80. The van der Waals surface area contributed by atoms with Gasteiger partial charge in [0.15, 0.2) is 0 Å². The van der Waals surface area contributed by atoms with Gasteiger partial charge in [-0.05, 0) is 40.4 Å². The van der Waals surface area contributed by atoms with Crippen molar-refractivity contribution in [2.24, 2.45) is 0 Å². The highest BCUT2D eigenvalue weighted by molar-refractivity contribution is 4.88. The van der Waals surface area contributed by atoms with Crippen LogP contribution in [0.2, 0.25) is 0 Å². The Hall–Kier alpha value is -0.120. The van der Waals surface area contributed by atoms with Gasteiger partial charge in [-0.1, -0.05) is 0 Å². The van der Waals surface area contributed by atoms with Crippen LogP contribution in [0.5, 0.6) is 0 Å². The summed E-state index contributed by atoms with van der Waals surface area (Å²) in [4.78, 5) is 0. The Balaban J connectivity index is 2.41. The van der Waals surface area contributed by atoms with Gasteiger partial charge in [0, 0.05) is 18.1 Å². The van der Waals surface area contributed by atoms with Gasteiger partial charge in [0.25, 0.3) is 0 Å². The molecular weight excluding hydrogens is 150 g/mol. The van der Waals surface area contributed by atoms with Crippen LogP contribution in [0.1, 0.15) is 19.3 Å². The highest BCUT2D eigenvalue weighted by Gasteiger charge is 2.25. The lowest BCUT2D eigenvalue weighted by atomic mass is 9.87. The van der Waals surface area contributed by atoms with E-state index in [1.807, 2.05) is 0 Å². The number of rotatable bonds is 3. The molecule has 0 amide bonds. The van der Waals surface area contributed by atoms with E-state index in [4.69, 9.17) is 0 Å². The van der Waals surface area contributed by atoms with Gasteiger partial charge in [-0.15, -0.1) is 0 Å². The summed E-state index contributed by atoms with van der Waals surface area (Å²) < 4.78 is 0. The van der Waals surface area contributed by atoms with Crippen LogP contribution in [0.4, 0.5) is 0 Å². The molecule has 1 saturated carbocycles. The molecule has 12 heavy (non-hydrogen) atoms. The molecule has 0 aromatic rings. The van der Waals surface area contributed by atoms with E-state index in [-0.39, 0.29) is 0 Å². The van der Waals surface area contributed by atoms with Crippen molar-refractivity contribution in [3.8, 4) is 0 Å². The van der Waals surface area contributed by atoms with E-state index in [1.54, 1.807) is 0 Å². The predicted molar refractivity (Wildman–Crippen MR) is 52.4 cm³/mol. The van der Waals surface area contributed by atoms with Gasteiger partial charge in [-0.2, -0.15) is 0 Å². The van der Waals surface area contributed by atoms with E-state index in [0.29, 0.717) is 18.1 Å². The van der Waals surface area contributed by atoms with Crippen LogP contribution in [-0.4, -0.2) is 39.3 Å². The molecule has 3 N–H and O–H groups in total. The number of hydrogen-bond donors (Lipinski definition) is 3. The topological polar surface area (TPSA) is 36.1 Å². The largest absolute Gasteiger partial charge is 0.317 e. The second-order valence-corrected chi connectivity index (χ2v) is 3.66. The van der Waals surface area contributed by atoms with E-state index in [0.717, 1.165) is 0 Å². The maximum atomic E-state index is 3.35. The van der Waals surface area contributed by atoms with Crippen LogP contribution in [-0.2, 0) is 0 Å². The second-order valence-electron chi connectivity index (χ2n) is 3.66. The third-order valence-corrected chi connectivity index (χ3v) is 2.93. The summed E-state index contributed by atoms with van der Waals surface area (Å²) in [6.45, 7) is 0. The van der Waals surface area contributed by atoms with Crippen molar-refractivity contribution in [3.05, 3.63) is 0 Å². The Labute approximate surface area is 75.3 Å². The summed E-state index contributed by atoms with van der Waals surface area (Å²) in [5.74, 6) is 0. The first kappa shape index (κ1) is 9.96. The van der Waals surface area contributed by atoms with E-state index >= 15 is 0 Å². The van der Waals surface area contributed by atoms with Crippen LogP contribution < -0.4 is 16.0 Å². The van der Waals surface area contributed by atoms with Crippen LogP contribution in [0, 0.1) is 0 Å². The van der Waals surface area contributed by atoms with Gasteiger partial charge in [0.2, 0.25) is 0 Å². The lowest BCUT2D eigenvalue weighted by molar-refractivity contribution is 0.273. The third-order valence-electron chi connectivity index (χ3n) is 2.93. The molecule has 1 aliphatic rings. The maximum Gasteiger partial charge on any atom is 0.00936 e. The lowest BCUT2D eigenvalue weighted by Crippen LogP contribution is -2.48. The number of nitrogens with one attached hydrogen (secondary N) is 3. The van der Waals surface area contributed by atoms with Crippen molar-refractivity contribution in [3.63, 3.8) is 0 Å². The third kappa shape index (κ3) is 2.44. The summed E-state index contributed by atoms with van der Waals surface area (Å²) in [5, 5.41) is 10.1. The Morgan fingerprint density at radius 3 is 1.08 bits per heavy atom. The van der Waals surface area contributed by atoms with Crippen molar-refractivity contribution in [1.82, 2.24) is 16.0 Å². The molecular formula is C9H21N3. The van der Waals surface area contributed by atoms with Gasteiger partial charge in [-0.25, -0.2) is 0 Å². The van der Waals surface area contributed by atoms with Gasteiger partial charge in [0.05, 0.1) is 0 Å². The molecule has 0 bridgehead atoms. The molecule has 0 spiro atoms. The minimum absolute atomic E-state index is 0.675. The maximum absolute atomic E-state index is 3.35. The first-order valence-corrected chi connectivity index (χ1v) is 4.82. The average molecular weight is 171 g/mol. The zero-order chi connectivity index (χ0) is 8.97. The molecule has 0 aliphatic heterocycles. The standard InChI is InChI=1S/C9H21N3/c1-10-7-4-8(11-2)6-9(5-7)12-3/h7-12H,4-6H2,1-3H3. The van der Waals surface area contributed by atoms with E-state index in [2.05, 4.69) is 37.1 Å². The minimum Gasteiger partial charge on any atom is -0.317 e. The van der Waals surface area contributed by atoms with E-state index in [1.165, 1.54) is 19.3 Å². The Kier molecular flexibility index (Phi) is 3.98. The van der Waals surface area contributed by atoms with Crippen molar-refractivity contribution in [2.45, 2.75) is 37.4 Å². The van der Waals surface area contributed by atoms with Crippen molar-refractivity contribution < 1.29 is 0 Å². The van der Waals surface area contributed by atoms with Crippen LogP contribution in [0.25, 0.3) is 0 Å². The number of hydrogen-bond acceptors (Lipinski definition) is 3. The van der Waals surface area contributed by atoms with E-state index < -0.39 is 0 Å². The van der Waals surface area contributed by atoms with Crippen LogP contribution >= 0.6 is 0 Å². The summed E-state index contributed by atoms with van der Waals surface area (Å²) >= 11 is 0. The fourth-order valence-corrected chi connectivity index (χ4v) is 2.03. The molecule has 0 heterocycles. The lowest BCUT2D eigenvalue weighted by Gasteiger charge is -2.34. The molecule has 0 aromatic carbocycles. The average Bonchev–Trinajstić information content (AvgIpc) is 2.16. The highest BCUT2D eigenvalue weighted by Crippen LogP contribution is 2.18. The molecule has 0 atom stereocenters. The predicted octanol–water partition coefficient (Wildman–Crippen LogP) is -0.0657. The molecule has 0 aromatic heterocycles. The fraction of sp³-hybridized carbons (Fsp3) is 1.00. The molecule has 0 unspecified atom stereocenters. The Bertz CT molecular complexity index is 97.2. The Morgan fingerprint density at radius 2 is 0.917 bits per heavy atom. The quantitative estimate of drug-likeness (QED) is 0.556. The zero-order valence-electron chi connectivity index (χ0n) is 8.35. The molecule has 1 rings (SSSR count). The fourth-order valence-electron chi connectivity index (χ4n) is 2.03.